The van der Waals surface area contributed by atoms with Gasteiger partial charge in [0, 0.05) is 35.9 Å². The first-order chi connectivity index (χ1) is 16.9. The molecule has 1 saturated heterocycles. The summed E-state index contributed by atoms with van der Waals surface area (Å²) in [6.07, 6.45) is 2.77. The summed E-state index contributed by atoms with van der Waals surface area (Å²) in [5, 5.41) is 14.0. The number of carbonyl (C=O) groups is 3. The third kappa shape index (κ3) is 3.92. The number of benzene rings is 2. The van der Waals surface area contributed by atoms with E-state index in [1.807, 2.05) is 36.1 Å². The van der Waals surface area contributed by atoms with Crippen molar-refractivity contribution in [3.05, 3.63) is 65.5 Å². The molecule has 0 saturated carbocycles. The van der Waals surface area contributed by atoms with Gasteiger partial charge in [-0.2, -0.15) is 5.10 Å². The van der Waals surface area contributed by atoms with Crippen LogP contribution < -0.4 is 14.5 Å². The normalized spacial score (nSPS) is 17.9. The van der Waals surface area contributed by atoms with E-state index in [9.17, 15) is 19.5 Å². The summed E-state index contributed by atoms with van der Waals surface area (Å²) in [4.78, 5) is 41.4. The van der Waals surface area contributed by atoms with Gasteiger partial charge in [0.25, 0.3) is 5.91 Å². The monoisotopic (exact) mass is 474 g/mol. The van der Waals surface area contributed by atoms with Crippen LogP contribution in [-0.4, -0.2) is 52.4 Å². The Morgan fingerprint density at radius 2 is 1.66 bits per heavy atom. The first-order valence-electron chi connectivity index (χ1n) is 11.6. The van der Waals surface area contributed by atoms with Gasteiger partial charge in [-0.05, 0) is 74.7 Å². The molecule has 9 heteroatoms. The van der Waals surface area contributed by atoms with E-state index in [1.165, 1.54) is 4.68 Å². The lowest BCUT2D eigenvalue weighted by Gasteiger charge is -2.34. The van der Waals surface area contributed by atoms with Crippen LogP contribution in [0.15, 0.2) is 48.5 Å². The van der Waals surface area contributed by atoms with Crippen LogP contribution in [0.4, 0.5) is 11.4 Å². The fraction of sp³-hybridized carbons (Fsp3) is 0.308. The van der Waals surface area contributed by atoms with Gasteiger partial charge in [-0.3, -0.25) is 9.59 Å². The molecule has 0 aliphatic carbocycles. The van der Waals surface area contributed by atoms with Crippen molar-refractivity contribution in [3.8, 4) is 11.4 Å². The molecule has 2 amide bonds. The highest BCUT2D eigenvalue weighted by Crippen LogP contribution is 2.32. The van der Waals surface area contributed by atoms with E-state index in [2.05, 4.69) is 5.10 Å². The van der Waals surface area contributed by atoms with Crippen LogP contribution in [-0.2, 0) is 11.2 Å². The Bertz CT molecular complexity index is 1300. The van der Waals surface area contributed by atoms with Gasteiger partial charge in [0.1, 0.15) is 11.4 Å². The number of amides is 2. The zero-order valence-corrected chi connectivity index (χ0v) is 19.6. The minimum Gasteiger partial charge on any atom is -0.497 e. The first-order valence-corrected chi connectivity index (χ1v) is 11.6. The van der Waals surface area contributed by atoms with Crippen LogP contribution in [0.3, 0.4) is 0 Å². The summed E-state index contributed by atoms with van der Waals surface area (Å²) in [5.74, 6) is -0.737. The Morgan fingerprint density at radius 1 is 1.00 bits per heavy atom. The van der Waals surface area contributed by atoms with Crippen molar-refractivity contribution in [1.29, 1.82) is 0 Å². The van der Waals surface area contributed by atoms with E-state index in [0.29, 0.717) is 42.1 Å². The van der Waals surface area contributed by atoms with Gasteiger partial charge in [0.15, 0.2) is 5.69 Å². The third-order valence-corrected chi connectivity index (χ3v) is 6.70. The van der Waals surface area contributed by atoms with Gasteiger partial charge < -0.3 is 19.6 Å². The van der Waals surface area contributed by atoms with E-state index >= 15 is 0 Å². The Hall–Kier alpha value is -4.14. The van der Waals surface area contributed by atoms with Crippen LogP contribution in [0.1, 0.15) is 52.7 Å². The number of nitrogens with zero attached hydrogens (tertiary/aromatic N) is 4. The highest BCUT2D eigenvalue weighted by atomic mass is 16.5. The highest BCUT2D eigenvalue weighted by molar-refractivity contribution is 6.09. The second-order valence-corrected chi connectivity index (χ2v) is 8.82. The van der Waals surface area contributed by atoms with E-state index in [1.54, 1.807) is 36.3 Å². The average molecular weight is 475 g/mol. The molecular formula is C26H26N4O5. The van der Waals surface area contributed by atoms with Crippen LogP contribution in [0.25, 0.3) is 5.69 Å². The Morgan fingerprint density at radius 3 is 2.29 bits per heavy atom. The van der Waals surface area contributed by atoms with Gasteiger partial charge >= 0.3 is 5.97 Å². The van der Waals surface area contributed by atoms with Crippen molar-refractivity contribution >= 4 is 29.2 Å². The highest BCUT2D eigenvalue weighted by Gasteiger charge is 2.35. The molecule has 5 rings (SSSR count). The van der Waals surface area contributed by atoms with Gasteiger partial charge in [-0.15, -0.1) is 0 Å². The molecule has 3 aromatic rings. The zero-order chi connectivity index (χ0) is 24.7. The molecular weight excluding hydrogens is 448 g/mol. The summed E-state index contributed by atoms with van der Waals surface area (Å²) < 4.78 is 6.60. The van der Waals surface area contributed by atoms with Crippen molar-refractivity contribution in [2.45, 2.75) is 38.6 Å². The molecule has 1 fully saturated rings. The standard InChI is InChI=1S/C26H26N4O5/c1-16-4-3-5-22(31)29(16)18-8-6-17(7-9-18)28-15-14-21-23(26(33)34)27-30(24(21)25(28)32)19-10-12-20(35-2)13-11-19/h6-13,16H,3-5,14-15H2,1-2H3,(H,33,34). The van der Waals surface area contributed by atoms with Crippen molar-refractivity contribution in [3.63, 3.8) is 0 Å². The maximum absolute atomic E-state index is 13.6. The number of carboxylic acids is 1. The Balaban J connectivity index is 1.49. The molecule has 2 aliphatic rings. The van der Waals surface area contributed by atoms with Crippen LogP contribution in [0, 0.1) is 0 Å². The molecule has 1 aromatic heterocycles. The fourth-order valence-electron chi connectivity index (χ4n) is 4.92. The van der Waals surface area contributed by atoms with Gasteiger partial charge in [-0.25, -0.2) is 9.48 Å². The largest absolute Gasteiger partial charge is 0.497 e. The molecule has 1 atom stereocenters. The number of ether oxygens (including phenoxy) is 1. The predicted molar refractivity (Wildman–Crippen MR) is 130 cm³/mol. The second kappa shape index (κ2) is 8.90. The summed E-state index contributed by atoms with van der Waals surface area (Å²) in [5.41, 5.74) is 2.62. The lowest BCUT2D eigenvalue weighted by atomic mass is 10.0. The number of aromatic nitrogens is 2. The minimum absolute atomic E-state index is 0.111. The quantitative estimate of drug-likeness (QED) is 0.605. The summed E-state index contributed by atoms with van der Waals surface area (Å²) in [6, 6.07) is 14.5. The molecule has 3 heterocycles. The molecule has 9 nitrogen and oxygen atoms in total. The number of fused-ring (bicyclic) bond motifs is 1. The number of hydrogen-bond acceptors (Lipinski definition) is 5. The number of hydrogen-bond donors (Lipinski definition) is 1. The molecule has 0 radical (unpaired) electrons. The van der Waals surface area contributed by atoms with Crippen molar-refractivity contribution in [2.75, 3.05) is 23.5 Å². The number of carboxylic acid groups (broad SMARTS) is 1. The molecule has 180 valence electrons. The summed E-state index contributed by atoms with van der Waals surface area (Å²) in [7, 11) is 1.56. The zero-order valence-electron chi connectivity index (χ0n) is 19.6. The number of rotatable bonds is 5. The van der Waals surface area contributed by atoms with Crippen LogP contribution in [0.2, 0.25) is 0 Å². The molecule has 0 spiro atoms. The summed E-state index contributed by atoms with van der Waals surface area (Å²) in [6.45, 7) is 2.37. The van der Waals surface area contributed by atoms with Crippen LogP contribution in [0.5, 0.6) is 5.75 Å². The number of carbonyl (C=O) groups excluding carboxylic acids is 2. The van der Waals surface area contributed by atoms with E-state index in [-0.39, 0.29) is 29.2 Å². The minimum atomic E-state index is -1.17. The average Bonchev–Trinajstić information content (AvgIpc) is 3.26. The summed E-state index contributed by atoms with van der Waals surface area (Å²) >= 11 is 0. The Labute approximate surface area is 202 Å². The van der Waals surface area contributed by atoms with Gasteiger partial charge in [-0.1, -0.05) is 0 Å². The maximum Gasteiger partial charge on any atom is 0.356 e. The lowest BCUT2D eigenvalue weighted by molar-refractivity contribution is -0.120. The molecule has 1 unspecified atom stereocenters. The number of methoxy groups -OCH3 is 1. The van der Waals surface area contributed by atoms with Gasteiger partial charge in [0.2, 0.25) is 5.91 Å². The smallest absolute Gasteiger partial charge is 0.356 e. The van der Waals surface area contributed by atoms with E-state index < -0.39 is 5.97 Å². The second-order valence-electron chi connectivity index (χ2n) is 8.82. The van der Waals surface area contributed by atoms with Crippen molar-refractivity contribution in [2.24, 2.45) is 0 Å². The maximum atomic E-state index is 13.6. The number of anilines is 2. The molecule has 35 heavy (non-hydrogen) atoms. The van der Waals surface area contributed by atoms with Crippen LogP contribution >= 0.6 is 0 Å². The fourth-order valence-corrected chi connectivity index (χ4v) is 4.92. The predicted octanol–water partition coefficient (Wildman–Crippen LogP) is 3.69. The number of piperidine rings is 1. The Kier molecular flexibility index (Phi) is 5.76. The molecule has 2 aromatic carbocycles. The first kappa shape index (κ1) is 22.6. The number of aromatic carboxylic acids is 1. The molecule has 0 bridgehead atoms. The van der Waals surface area contributed by atoms with Crippen molar-refractivity contribution in [1.82, 2.24) is 9.78 Å². The molecule has 2 aliphatic heterocycles. The third-order valence-electron chi connectivity index (χ3n) is 6.70. The van der Waals surface area contributed by atoms with Gasteiger partial charge in [0.05, 0.1) is 12.8 Å². The topological polar surface area (TPSA) is 105 Å². The lowest BCUT2D eigenvalue weighted by Crippen LogP contribution is -2.42. The van der Waals surface area contributed by atoms with E-state index in [4.69, 9.17) is 4.74 Å². The molecule has 1 N–H and O–H groups in total. The SMILES string of the molecule is COc1ccc(-n2nc(C(=O)O)c3c2C(=O)N(c2ccc(N4C(=O)CCCC4C)cc2)CC3)cc1. The van der Waals surface area contributed by atoms with Crippen molar-refractivity contribution < 1.29 is 24.2 Å². The van der Waals surface area contributed by atoms with E-state index in [0.717, 1.165) is 18.5 Å².